The summed E-state index contributed by atoms with van der Waals surface area (Å²) in [6.45, 7) is 5.88. The summed E-state index contributed by atoms with van der Waals surface area (Å²) in [6, 6.07) is 5.64. The summed E-state index contributed by atoms with van der Waals surface area (Å²) in [5, 5.41) is 9.07. The minimum absolute atomic E-state index is 0.0757. The van der Waals surface area contributed by atoms with Crippen LogP contribution in [0.15, 0.2) is 18.2 Å². The third-order valence-corrected chi connectivity index (χ3v) is 4.25. The molecule has 1 fully saturated rings. The number of amides is 1. The summed E-state index contributed by atoms with van der Waals surface area (Å²) in [7, 11) is 0. The molecular weight excluding hydrogens is 322 g/mol. The van der Waals surface area contributed by atoms with E-state index >= 15 is 0 Å². The number of carbonyl (C=O) groups excluding carboxylic acids is 1. The molecule has 1 aliphatic heterocycles. The number of rotatable bonds is 10. The van der Waals surface area contributed by atoms with Gasteiger partial charge in [-0.25, -0.2) is 0 Å². The van der Waals surface area contributed by atoms with Crippen LogP contribution in [0.1, 0.15) is 45.1 Å². The van der Waals surface area contributed by atoms with Gasteiger partial charge in [-0.1, -0.05) is 25.8 Å². The second-order valence-corrected chi connectivity index (χ2v) is 6.28. The summed E-state index contributed by atoms with van der Waals surface area (Å²) in [4.78, 5) is 24.6. The van der Waals surface area contributed by atoms with Crippen LogP contribution < -0.4 is 9.47 Å². The Kier molecular flexibility index (Phi) is 7.10. The van der Waals surface area contributed by atoms with Crippen molar-refractivity contribution < 1.29 is 24.2 Å². The fourth-order valence-corrected chi connectivity index (χ4v) is 2.88. The molecule has 0 unspecified atom stereocenters. The van der Waals surface area contributed by atoms with Crippen molar-refractivity contribution in [2.45, 2.75) is 46.1 Å². The molecular formula is C19H27NO5. The molecule has 1 aromatic carbocycles. The number of aliphatic carboxylic acids is 1. The maximum atomic E-state index is 12.0. The number of benzene rings is 1. The molecule has 0 spiro atoms. The summed E-state index contributed by atoms with van der Waals surface area (Å²) >= 11 is 0. The molecule has 0 radical (unpaired) electrons. The largest absolute Gasteiger partial charge is 0.490 e. The van der Waals surface area contributed by atoms with E-state index in [2.05, 4.69) is 6.92 Å². The fraction of sp³-hybridized carbons (Fsp3) is 0.579. The van der Waals surface area contributed by atoms with E-state index < -0.39 is 11.9 Å². The minimum Gasteiger partial charge on any atom is -0.490 e. The quantitative estimate of drug-likeness (QED) is 0.657. The van der Waals surface area contributed by atoms with Crippen LogP contribution in [0.2, 0.25) is 0 Å². The van der Waals surface area contributed by atoms with Gasteiger partial charge in [-0.05, 0) is 31.0 Å². The Labute approximate surface area is 148 Å². The minimum atomic E-state index is -0.915. The van der Waals surface area contributed by atoms with Crippen molar-refractivity contribution in [3.05, 3.63) is 23.8 Å². The first-order chi connectivity index (χ1) is 12.0. The van der Waals surface area contributed by atoms with Gasteiger partial charge in [-0.2, -0.15) is 0 Å². The van der Waals surface area contributed by atoms with Crippen molar-refractivity contribution in [2.75, 3.05) is 19.8 Å². The topological polar surface area (TPSA) is 76.1 Å². The molecule has 6 heteroatoms. The van der Waals surface area contributed by atoms with Gasteiger partial charge in [-0.15, -0.1) is 0 Å². The van der Waals surface area contributed by atoms with Crippen LogP contribution in [0, 0.1) is 5.92 Å². The van der Waals surface area contributed by atoms with E-state index in [1.165, 1.54) is 0 Å². The number of nitrogens with zero attached hydrogens (tertiary/aromatic N) is 1. The molecule has 1 saturated heterocycles. The lowest BCUT2D eigenvalue weighted by Gasteiger charge is -2.18. The van der Waals surface area contributed by atoms with Crippen LogP contribution in [0.25, 0.3) is 0 Å². The highest BCUT2D eigenvalue weighted by molar-refractivity contribution is 5.86. The molecule has 1 aromatic rings. The predicted octanol–water partition coefficient (Wildman–Crippen LogP) is 3.09. The second kappa shape index (κ2) is 9.30. The fourth-order valence-electron chi connectivity index (χ4n) is 2.88. The Balaban J connectivity index is 2.02. The highest BCUT2D eigenvalue weighted by Gasteiger charge is 2.34. The molecule has 0 bridgehead atoms. The maximum absolute atomic E-state index is 12.0. The van der Waals surface area contributed by atoms with Gasteiger partial charge in [-0.3, -0.25) is 9.59 Å². The van der Waals surface area contributed by atoms with Crippen molar-refractivity contribution in [2.24, 2.45) is 5.92 Å². The molecule has 25 heavy (non-hydrogen) atoms. The second-order valence-electron chi connectivity index (χ2n) is 6.28. The van der Waals surface area contributed by atoms with E-state index in [1.807, 2.05) is 25.1 Å². The van der Waals surface area contributed by atoms with Gasteiger partial charge in [0.15, 0.2) is 11.5 Å². The van der Waals surface area contributed by atoms with Gasteiger partial charge in [0.2, 0.25) is 5.91 Å². The van der Waals surface area contributed by atoms with Crippen LogP contribution in [0.4, 0.5) is 0 Å². The van der Waals surface area contributed by atoms with Crippen LogP contribution in [-0.4, -0.2) is 41.6 Å². The molecule has 1 aliphatic rings. The van der Waals surface area contributed by atoms with E-state index in [1.54, 1.807) is 4.90 Å². The summed E-state index contributed by atoms with van der Waals surface area (Å²) in [6.07, 6.45) is 3.35. The van der Waals surface area contributed by atoms with Crippen LogP contribution in [0.5, 0.6) is 11.5 Å². The first-order valence-corrected chi connectivity index (χ1v) is 8.94. The number of hydrogen-bond donors (Lipinski definition) is 1. The first kappa shape index (κ1) is 19.1. The molecule has 2 rings (SSSR count). The zero-order valence-electron chi connectivity index (χ0n) is 15.0. The zero-order chi connectivity index (χ0) is 18.2. The van der Waals surface area contributed by atoms with Gasteiger partial charge in [0.1, 0.15) is 0 Å². The van der Waals surface area contributed by atoms with Gasteiger partial charge in [0, 0.05) is 19.5 Å². The monoisotopic (exact) mass is 349 g/mol. The van der Waals surface area contributed by atoms with Gasteiger partial charge in [0.05, 0.1) is 19.1 Å². The molecule has 0 aromatic heterocycles. The van der Waals surface area contributed by atoms with E-state index in [-0.39, 0.29) is 18.9 Å². The Morgan fingerprint density at radius 1 is 1.24 bits per heavy atom. The van der Waals surface area contributed by atoms with Crippen molar-refractivity contribution in [1.82, 2.24) is 4.90 Å². The summed E-state index contributed by atoms with van der Waals surface area (Å²) in [5.74, 6) is -0.275. The Morgan fingerprint density at radius 3 is 2.68 bits per heavy atom. The lowest BCUT2D eigenvalue weighted by molar-refractivity contribution is -0.141. The van der Waals surface area contributed by atoms with E-state index in [0.717, 1.165) is 24.8 Å². The highest BCUT2D eigenvalue weighted by atomic mass is 16.5. The van der Waals surface area contributed by atoms with Crippen LogP contribution >= 0.6 is 0 Å². The number of carboxylic acid groups (broad SMARTS) is 1. The number of carboxylic acids is 1. The van der Waals surface area contributed by atoms with E-state index in [4.69, 9.17) is 14.6 Å². The SMILES string of the molecule is CCCCCOc1ccc(CN2C[C@H](C(=O)O)CC2=O)cc1OCC. The van der Waals surface area contributed by atoms with Crippen molar-refractivity contribution in [3.8, 4) is 11.5 Å². The molecule has 1 atom stereocenters. The number of unbranched alkanes of at least 4 members (excludes halogenated alkanes) is 2. The third kappa shape index (κ3) is 5.37. The molecule has 0 aliphatic carbocycles. The lowest BCUT2D eigenvalue weighted by Crippen LogP contribution is -2.25. The number of ether oxygens (including phenoxy) is 2. The van der Waals surface area contributed by atoms with E-state index in [0.29, 0.717) is 31.3 Å². The number of carbonyl (C=O) groups is 2. The van der Waals surface area contributed by atoms with Crippen molar-refractivity contribution in [3.63, 3.8) is 0 Å². The lowest BCUT2D eigenvalue weighted by atomic mass is 10.1. The Hall–Kier alpha value is -2.24. The number of hydrogen-bond acceptors (Lipinski definition) is 4. The third-order valence-electron chi connectivity index (χ3n) is 4.25. The maximum Gasteiger partial charge on any atom is 0.308 e. The summed E-state index contributed by atoms with van der Waals surface area (Å²) < 4.78 is 11.5. The molecule has 0 saturated carbocycles. The molecule has 6 nitrogen and oxygen atoms in total. The Morgan fingerprint density at radius 2 is 2.04 bits per heavy atom. The van der Waals surface area contributed by atoms with Crippen LogP contribution in [0.3, 0.4) is 0 Å². The Bertz CT molecular complexity index is 601. The first-order valence-electron chi connectivity index (χ1n) is 8.94. The molecule has 138 valence electrons. The summed E-state index contributed by atoms with van der Waals surface area (Å²) in [5.41, 5.74) is 0.906. The normalized spacial score (nSPS) is 17.0. The van der Waals surface area contributed by atoms with Crippen LogP contribution in [-0.2, 0) is 16.1 Å². The van der Waals surface area contributed by atoms with Gasteiger partial charge >= 0.3 is 5.97 Å². The molecule has 1 heterocycles. The molecule has 1 N–H and O–H groups in total. The smallest absolute Gasteiger partial charge is 0.308 e. The standard InChI is InChI=1S/C19H27NO5/c1-3-5-6-9-25-16-8-7-14(10-17(16)24-4-2)12-20-13-15(19(22)23)11-18(20)21/h7-8,10,15H,3-6,9,11-13H2,1-2H3,(H,22,23)/t15-/m1/s1. The number of likely N-dealkylation sites (tertiary alicyclic amines) is 1. The van der Waals surface area contributed by atoms with Gasteiger partial charge < -0.3 is 19.5 Å². The van der Waals surface area contributed by atoms with Crippen molar-refractivity contribution >= 4 is 11.9 Å². The van der Waals surface area contributed by atoms with Crippen molar-refractivity contribution in [1.29, 1.82) is 0 Å². The average molecular weight is 349 g/mol. The predicted molar refractivity (Wildman–Crippen MR) is 93.8 cm³/mol. The molecule has 1 amide bonds. The highest BCUT2D eigenvalue weighted by Crippen LogP contribution is 2.30. The van der Waals surface area contributed by atoms with E-state index in [9.17, 15) is 9.59 Å². The average Bonchev–Trinajstić information content (AvgIpc) is 2.95. The zero-order valence-corrected chi connectivity index (χ0v) is 15.0. The van der Waals surface area contributed by atoms with Gasteiger partial charge in [0.25, 0.3) is 0 Å².